The number of hydrogen-bond donors (Lipinski definition) is 3. The van der Waals surface area contributed by atoms with Gasteiger partial charge in [-0.25, -0.2) is 9.97 Å². The summed E-state index contributed by atoms with van der Waals surface area (Å²) in [6, 6.07) is 0. The largest absolute Gasteiger partial charge is 0.391 e. The number of aliphatic hydroxyl groups is 1. The Morgan fingerprint density at radius 1 is 1.15 bits per heavy atom. The molecule has 0 saturated carbocycles. The van der Waals surface area contributed by atoms with Gasteiger partial charge in [0.25, 0.3) is 0 Å². The molecule has 1 rings (SSSR count). The summed E-state index contributed by atoms with van der Waals surface area (Å²) in [6.45, 7) is 11.8. The molecule has 0 amide bonds. The lowest BCUT2D eigenvalue weighted by Crippen LogP contribution is -2.26. The summed E-state index contributed by atoms with van der Waals surface area (Å²) in [7, 11) is 0. The average Bonchev–Trinajstić information content (AvgIpc) is 2.35. The van der Waals surface area contributed by atoms with E-state index in [1.165, 1.54) is 0 Å². The second kappa shape index (κ2) is 7.43. The van der Waals surface area contributed by atoms with E-state index in [9.17, 15) is 5.11 Å². The van der Waals surface area contributed by atoms with Crippen LogP contribution in [0.5, 0.6) is 0 Å². The smallest absolute Gasteiger partial charge is 0.134 e. The number of aliphatic hydroxyl groups excluding tert-OH is 1. The van der Waals surface area contributed by atoms with Crippen molar-refractivity contribution in [3.8, 4) is 0 Å². The summed E-state index contributed by atoms with van der Waals surface area (Å²) in [5.74, 6) is 1.68. The maximum absolute atomic E-state index is 10.1. The molecule has 1 aromatic heterocycles. The summed E-state index contributed by atoms with van der Waals surface area (Å²) in [5.41, 5.74) is 1.19. The van der Waals surface area contributed by atoms with Crippen LogP contribution in [0.4, 0.5) is 11.6 Å². The molecule has 1 unspecified atom stereocenters. The number of nitrogens with zero attached hydrogens (tertiary/aromatic N) is 2. The van der Waals surface area contributed by atoms with E-state index >= 15 is 0 Å². The zero-order chi connectivity index (χ0) is 15.2. The van der Waals surface area contributed by atoms with Crippen molar-refractivity contribution in [1.29, 1.82) is 0 Å². The zero-order valence-corrected chi connectivity index (χ0v) is 13.3. The van der Waals surface area contributed by atoms with E-state index in [2.05, 4.69) is 48.3 Å². The van der Waals surface area contributed by atoms with Crippen molar-refractivity contribution in [1.82, 2.24) is 9.97 Å². The molecule has 1 heterocycles. The molecule has 0 radical (unpaired) electrons. The van der Waals surface area contributed by atoms with Gasteiger partial charge in [-0.2, -0.15) is 0 Å². The van der Waals surface area contributed by atoms with E-state index in [1.807, 2.05) is 6.92 Å². The Morgan fingerprint density at radius 3 is 2.25 bits per heavy atom. The molecule has 0 aliphatic rings. The number of anilines is 2. The zero-order valence-electron chi connectivity index (χ0n) is 13.3. The fourth-order valence-electron chi connectivity index (χ4n) is 2.21. The first kappa shape index (κ1) is 16.7. The van der Waals surface area contributed by atoms with Gasteiger partial charge in [0.15, 0.2) is 0 Å². The van der Waals surface area contributed by atoms with E-state index in [0.717, 1.165) is 36.6 Å². The van der Waals surface area contributed by atoms with Crippen LogP contribution in [-0.4, -0.2) is 34.3 Å². The van der Waals surface area contributed by atoms with Crippen molar-refractivity contribution >= 4 is 11.6 Å². The van der Waals surface area contributed by atoms with Gasteiger partial charge in [-0.15, -0.1) is 0 Å². The van der Waals surface area contributed by atoms with Crippen LogP contribution in [0, 0.1) is 5.41 Å². The Bertz CT molecular complexity index is 415. The fourth-order valence-corrected chi connectivity index (χ4v) is 2.21. The van der Waals surface area contributed by atoms with Crippen LogP contribution < -0.4 is 10.6 Å². The van der Waals surface area contributed by atoms with Crippen molar-refractivity contribution < 1.29 is 5.11 Å². The first-order valence-electron chi connectivity index (χ1n) is 7.37. The molecule has 20 heavy (non-hydrogen) atoms. The maximum Gasteiger partial charge on any atom is 0.134 e. The number of rotatable bonds is 7. The van der Waals surface area contributed by atoms with Crippen LogP contribution in [0.2, 0.25) is 0 Å². The lowest BCUT2D eigenvalue weighted by atomic mass is 9.89. The van der Waals surface area contributed by atoms with E-state index < -0.39 is 0 Å². The van der Waals surface area contributed by atoms with Gasteiger partial charge in [0.05, 0.1) is 6.10 Å². The van der Waals surface area contributed by atoms with E-state index in [-0.39, 0.29) is 11.5 Å². The summed E-state index contributed by atoms with van der Waals surface area (Å²) < 4.78 is 0. The minimum Gasteiger partial charge on any atom is -0.391 e. The van der Waals surface area contributed by atoms with Crippen molar-refractivity contribution in [2.24, 2.45) is 5.41 Å². The lowest BCUT2D eigenvalue weighted by Gasteiger charge is -2.23. The van der Waals surface area contributed by atoms with E-state index in [0.29, 0.717) is 6.54 Å². The molecule has 0 fully saturated rings. The Labute approximate surface area is 122 Å². The van der Waals surface area contributed by atoms with Crippen LogP contribution in [0.3, 0.4) is 0 Å². The molecule has 1 aromatic rings. The third kappa shape index (κ3) is 5.33. The standard InChI is InChI=1S/C15H28N4O/c1-6-12-13(16-7-2)18-10-19-14(12)17-9-11(20)8-15(3,4)5/h10-11,20H,6-9H2,1-5H3,(H2,16,17,18,19). The summed E-state index contributed by atoms with van der Waals surface area (Å²) >= 11 is 0. The Kier molecular flexibility index (Phi) is 6.20. The van der Waals surface area contributed by atoms with Crippen LogP contribution in [-0.2, 0) is 6.42 Å². The topological polar surface area (TPSA) is 70.1 Å². The molecule has 3 N–H and O–H groups in total. The van der Waals surface area contributed by atoms with Gasteiger partial charge in [0.1, 0.15) is 18.0 Å². The van der Waals surface area contributed by atoms with Gasteiger partial charge in [-0.3, -0.25) is 0 Å². The fraction of sp³-hybridized carbons (Fsp3) is 0.733. The molecule has 1 atom stereocenters. The van der Waals surface area contributed by atoms with Crippen LogP contribution in [0.1, 0.15) is 46.6 Å². The molecule has 0 aliphatic carbocycles. The summed E-state index contributed by atoms with van der Waals surface area (Å²) in [4.78, 5) is 8.55. The molecule has 0 bridgehead atoms. The van der Waals surface area contributed by atoms with Gasteiger partial charge < -0.3 is 15.7 Å². The molecular formula is C15H28N4O. The van der Waals surface area contributed by atoms with E-state index in [4.69, 9.17) is 0 Å². The summed E-state index contributed by atoms with van der Waals surface area (Å²) in [5, 5.41) is 16.5. The molecule has 5 nitrogen and oxygen atoms in total. The minimum atomic E-state index is -0.378. The van der Waals surface area contributed by atoms with Crippen molar-refractivity contribution in [2.75, 3.05) is 23.7 Å². The van der Waals surface area contributed by atoms with E-state index in [1.54, 1.807) is 6.33 Å². The second-order valence-electron chi connectivity index (χ2n) is 6.23. The summed E-state index contributed by atoms with van der Waals surface area (Å²) in [6.07, 6.45) is 2.78. The first-order valence-corrected chi connectivity index (χ1v) is 7.37. The molecule has 0 aromatic carbocycles. The Balaban J connectivity index is 2.70. The highest BCUT2D eigenvalue weighted by Gasteiger charge is 2.17. The van der Waals surface area contributed by atoms with Crippen LogP contribution in [0.15, 0.2) is 6.33 Å². The Hall–Kier alpha value is -1.36. The molecule has 0 spiro atoms. The van der Waals surface area contributed by atoms with Crippen LogP contribution >= 0.6 is 0 Å². The van der Waals surface area contributed by atoms with Gasteiger partial charge in [0, 0.05) is 18.7 Å². The number of aromatic nitrogens is 2. The maximum atomic E-state index is 10.1. The third-order valence-electron chi connectivity index (χ3n) is 3.00. The third-order valence-corrected chi connectivity index (χ3v) is 3.00. The van der Waals surface area contributed by atoms with Crippen molar-refractivity contribution in [3.63, 3.8) is 0 Å². The van der Waals surface area contributed by atoms with Gasteiger partial charge in [-0.1, -0.05) is 27.7 Å². The molecule has 0 aliphatic heterocycles. The van der Waals surface area contributed by atoms with Gasteiger partial charge in [-0.05, 0) is 25.2 Å². The predicted octanol–water partition coefficient (Wildman–Crippen LogP) is 2.68. The van der Waals surface area contributed by atoms with Gasteiger partial charge in [0.2, 0.25) is 0 Å². The molecular weight excluding hydrogens is 252 g/mol. The minimum absolute atomic E-state index is 0.120. The Morgan fingerprint density at radius 2 is 1.75 bits per heavy atom. The monoisotopic (exact) mass is 280 g/mol. The number of hydrogen-bond acceptors (Lipinski definition) is 5. The quantitative estimate of drug-likeness (QED) is 0.716. The normalized spacial score (nSPS) is 13.1. The predicted molar refractivity (Wildman–Crippen MR) is 84.1 cm³/mol. The first-order chi connectivity index (χ1) is 9.37. The highest BCUT2D eigenvalue weighted by Crippen LogP contribution is 2.23. The molecule has 5 heteroatoms. The highest BCUT2D eigenvalue weighted by atomic mass is 16.3. The second-order valence-corrected chi connectivity index (χ2v) is 6.23. The average molecular weight is 280 g/mol. The van der Waals surface area contributed by atoms with Crippen molar-refractivity contribution in [3.05, 3.63) is 11.9 Å². The van der Waals surface area contributed by atoms with Crippen molar-refractivity contribution in [2.45, 2.75) is 53.6 Å². The molecule has 0 saturated heterocycles. The highest BCUT2D eigenvalue weighted by molar-refractivity contribution is 5.57. The van der Waals surface area contributed by atoms with Gasteiger partial charge >= 0.3 is 0 Å². The van der Waals surface area contributed by atoms with Crippen LogP contribution in [0.25, 0.3) is 0 Å². The lowest BCUT2D eigenvalue weighted by molar-refractivity contribution is 0.132. The SMILES string of the molecule is CCNc1ncnc(NCC(O)CC(C)(C)C)c1CC. The number of nitrogens with one attached hydrogen (secondary N) is 2. The molecule has 114 valence electrons.